The Morgan fingerprint density at radius 1 is 0.771 bits per heavy atom. The maximum Gasteiger partial charge on any atom is 0.201 e. The van der Waals surface area contributed by atoms with Crippen molar-refractivity contribution in [2.45, 2.75) is 54.9 Å². The number of benzene rings is 2. The molecule has 0 atom stereocenters. The molecule has 0 heterocycles. The van der Waals surface area contributed by atoms with Crippen molar-refractivity contribution in [3.8, 4) is 17.2 Å². The van der Waals surface area contributed by atoms with Crippen LogP contribution in [0.25, 0.3) is 0 Å². The van der Waals surface area contributed by atoms with Crippen molar-refractivity contribution < 1.29 is 24.2 Å². The van der Waals surface area contributed by atoms with Crippen LogP contribution in [0.1, 0.15) is 84.5 Å². The molecule has 2 aromatic rings. The molecule has 0 aliphatic heterocycles. The molecule has 5 heteroatoms. The second kappa shape index (κ2) is 10.8. The number of ketones is 2. The van der Waals surface area contributed by atoms with Crippen LogP contribution in [-0.2, 0) is 6.42 Å². The number of aryl methyl sites for hydroxylation is 1. The molecule has 1 aliphatic rings. The number of phenolic OH excluding ortho intramolecular Hbond substituents is 1. The average Bonchev–Trinajstić information content (AvgIpc) is 2.75. The van der Waals surface area contributed by atoms with Gasteiger partial charge in [-0.1, -0.05) is 22.8 Å². The maximum atomic E-state index is 13.7. The number of rotatable bonds is 8. The quantitative estimate of drug-likeness (QED) is 0.369. The Kier molecular flexibility index (Phi) is 8.00. The third-order valence-corrected chi connectivity index (χ3v) is 5.71. The number of allylic oxidation sites excluding steroid dienone is 4. The van der Waals surface area contributed by atoms with Crippen LogP contribution in [0.15, 0.2) is 53.1 Å². The summed E-state index contributed by atoms with van der Waals surface area (Å²) in [6.45, 7) is 14.2. The van der Waals surface area contributed by atoms with E-state index in [0.717, 1.165) is 16.7 Å². The van der Waals surface area contributed by atoms with E-state index in [1.807, 2.05) is 59.8 Å². The predicted octanol–water partition coefficient (Wildman–Crippen LogP) is 6.67. The molecule has 0 saturated heterocycles. The van der Waals surface area contributed by atoms with Crippen LogP contribution in [0.5, 0.6) is 17.2 Å². The molecule has 1 N–H and O–H groups in total. The number of ether oxygens (including phenoxy) is 2. The molecule has 0 aromatic heterocycles. The van der Waals surface area contributed by atoms with Gasteiger partial charge < -0.3 is 14.6 Å². The second-order valence-electron chi connectivity index (χ2n) is 9.64. The third-order valence-electron chi connectivity index (χ3n) is 5.71. The maximum absolute atomic E-state index is 13.7. The Labute approximate surface area is 207 Å². The molecule has 2 aromatic carbocycles. The fraction of sp³-hybridized carbons (Fsp3) is 0.333. The molecular weight excluding hydrogens is 440 g/mol. The van der Waals surface area contributed by atoms with Gasteiger partial charge in [0.05, 0.1) is 11.1 Å². The van der Waals surface area contributed by atoms with Gasteiger partial charge in [0, 0.05) is 16.7 Å². The van der Waals surface area contributed by atoms with Gasteiger partial charge in [0.15, 0.2) is 5.78 Å². The second-order valence-corrected chi connectivity index (χ2v) is 9.64. The molecule has 0 unspecified atom stereocenters. The molecule has 0 amide bonds. The summed E-state index contributed by atoms with van der Waals surface area (Å²) in [6, 6.07) is 4.79. The first-order valence-corrected chi connectivity index (χ1v) is 11.8. The van der Waals surface area contributed by atoms with Crippen molar-refractivity contribution in [1.29, 1.82) is 0 Å². The Morgan fingerprint density at radius 2 is 1.34 bits per heavy atom. The zero-order chi connectivity index (χ0) is 25.9. The number of hydrogen-bond donors (Lipinski definition) is 1. The number of carbonyl (C=O) groups excluding carboxylic acids is 2. The number of hydrogen-bond acceptors (Lipinski definition) is 5. The Hall–Kier alpha value is -3.60. The Balaban J connectivity index is 2.30. The molecule has 35 heavy (non-hydrogen) atoms. The number of carbonyl (C=O) groups is 2. The minimum Gasteiger partial charge on any atom is -0.507 e. The van der Waals surface area contributed by atoms with Gasteiger partial charge in [0.2, 0.25) is 5.78 Å². The van der Waals surface area contributed by atoms with Crippen molar-refractivity contribution in [1.82, 2.24) is 0 Å². The van der Waals surface area contributed by atoms with Crippen molar-refractivity contribution in [2.75, 3.05) is 13.2 Å². The molecule has 0 fully saturated rings. The van der Waals surface area contributed by atoms with E-state index in [0.29, 0.717) is 35.7 Å². The topological polar surface area (TPSA) is 72.8 Å². The van der Waals surface area contributed by atoms with E-state index in [-0.39, 0.29) is 40.4 Å². The summed E-state index contributed by atoms with van der Waals surface area (Å²) in [4.78, 5) is 27.3. The van der Waals surface area contributed by atoms with E-state index < -0.39 is 5.78 Å². The molecule has 1 aliphatic carbocycles. The lowest BCUT2D eigenvalue weighted by Crippen LogP contribution is -2.23. The minimum atomic E-state index is -0.423. The van der Waals surface area contributed by atoms with Gasteiger partial charge in [-0.2, -0.15) is 0 Å². The first-order chi connectivity index (χ1) is 16.5. The fourth-order valence-corrected chi connectivity index (χ4v) is 3.91. The van der Waals surface area contributed by atoms with Crippen LogP contribution in [-0.4, -0.2) is 29.9 Å². The molecule has 184 valence electrons. The SMILES string of the molecule is CC(C)=CCOc1cc2c(c(OCC=C(C)C)c1CC=C(C)C)C(=O)c1c(O)cc(C)cc1C2=O. The van der Waals surface area contributed by atoms with E-state index in [9.17, 15) is 14.7 Å². The van der Waals surface area contributed by atoms with Crippen molar-refractivity contribution >= 4 is 11.6 Å². The van der Waals surface area contributed by atoms with Crippen molar-refractivity contribution in [3.63, 3.8) is 0 Å². The fourth-order valence-electron chi connectivity index (χ4n) is 3.91. The summed E-state index contributed by atoms with van der Waals surface area (Å²) in [5.41, 5.74) is 5.31. The van der Waals surface area contributed by atoms with Gasteiger partial charge in [0.1, 0.15) is 30.5 Å². The van der Waals surface area contributed by atoms with Gasteiger partial charge in [-0.15, -0.1) is 0 Å². The number of phenols is 1. The molecule has 0 spiro atoms. The van der Waals surface area contributed by atoms with Gasteiger partial charge in [-0.3, -0.25) is 9.59 Å². The summed E-state index contributed by atoms with van der Waals surface area (Å²) >= 11 is 0. The largest absolute Gasteiger partial charge is 0.507 e. The van der Waals surface area contributed by atoms with E-state index in [1.54, 1.807) is 19.1 Å². The highest BCUT2D eigenvalue weighted by molar-refractivity contribution is 6.30. The molecule has 0 radical (unpaired) electrons. The first-order valence-electron chi connectivity index (χ1n) is 11.8. The van der Waals surface area contributed by atoms with Crippen LogP contribution in [0, 0.1) is 6.92 Å². The summed E-state index contributed by atoms with van der Waals surface area (Å²) in [5.74, 6) is -0.120. The summed E-state index contributed by atoms with van der Waals surface area (Å²) in [5, 5.41) is 10.6. The smallest absolute Gasteiger partial charge is 0.201 e. The van der Waals surface area contributed by atoms with Crippen LogP contribution >= 0.6 is 0 Å². The standard InChI is InChI=1S/C30H34O5/c1-17(2)8-9-21-25(34-12-10-18(3)4)16-23-27(30(21)35-13-11-19(5)6)29(33)26-22(28(23)32)14-20(7)15-24(26)31/h8,10-11,14-16,31H,9,12-13H2,1-7H3. The van der Waals surface area contributed by atoms with Crippen LogP contribution in [0.4, 0.5) is 0 Å². The molecular formula is C30H34O5. The van der Waals surface area contributed by atoms with E-state index >= 15 is 0 Å². The third kappa shape index (κ3) is 5.73. The summed E-state index contributed by atoms with van der Waals surface area (Å²) in [7, 11) is 0. The molecule has 0 bridgehead atoms. The van der Waals surface area contributed by atoms with E-state index in [4.69, 9.17) is 9.47 Å². The lowest BCUT2D eigenvalue weighted by Gasteiger charge is -2.25. The summed E-state index contributed by atoms with van der Waals surface area (Å²) in [6.07, 6.45) is 6.38. The lowest BCUT2D eigenvalue weighted by molar-refractivity contribution is 0.0973. The average molecular weight is 475 g/mol. The highest BCUT2D eigenvalue weighted by Crippen LogP contribution is 2.43. The van der Waals surface area contributed by atoms with Crippen LogP contribution < -0.4 is 9.47 Å². The van der Waals surface area contributed by atoms with Crippen LogP contribution in [0.3, 0.4) is 0 Å². The molecule has 3 rings (SSSR count). The number of aromatic hydroxyl groups is 1. The number of fused-ring (bicyclic) bond motifs is 2. The normalized spacial score (nSPS) is 11.9. The van der Waals surface area contributed by atoms with E-state index in [2.05, 4.69) is 0 Å². The van der Waals surface area contributed by atoms with Gasteiger partial charge in [-0.05, 0) is 90.8 Å². The molecule has 5 nitrogen and oxygen atoms in total. The predicted molar refractivity (Wildman–Crippen MR) is 139 cm³/mol. The van der Waals surface area contributed by atoms with E-state index in [1.165, 1.54) is 6.07 Å². The lowest BCUT2D eigenvalue weighted by atomic mass is 9.81. The van der Waals surface area contributed by atoms with Gasteiger partial charge >= 0.3 is 0 Å². The molecule has 0 saturated carbocycles. The Morgan fingerprint density at radius 3 is 1.94 bits per heavy atom. The van der Waals surface area contributed by atoms with Crippen molar-refractivity contribution in [3.05, 3.63) is 86.5 Å². The monoisotopic (exact) mass is 474 g/mol. The van der Waals surface area contributed by atoms with Crippen molar-refractivity contribution in [2.24, 2.45) is 0 Å². The Bertz CT molecular complexity index is 1260. The highest BCUT2D eigenvalue weighted by Gasteiger charge is 2.37. The minimum absolute atomic E-state index is 0.0199. The van der Waals surface area contributed by atoms with Gasteiger partial charge in [-0.25, -0.2) is 0 Å². The zero-order valence-electron chi connectivity index (χ0n) is 21.7. The first kappa shape index (κ1) is 26.0. The van der Waals surface area contributed by atoms with Crippen LogP contribution in [0.2, 0.25) is 0 Å². The summed E-state index contributed by atoms with van der Waals surface area (Å²) < 4.78 is 12.3. The highest BCUT2D eigenvalue weighted by atomic mass is 16.5. The zero-order valence-corrected chi connectivity index (χ0v) is 21.7. The van der Waals surface area contributed by atoms with Gasteiger partial charge in [0.25, 0.3) is 0 Å².